The zero-order chi connectivity index (χ0) is 23.0. The summed E-state index contributed by atoms with van der Waals surface area (Å²) in [6.07, 6.45) is 0.623. The lowest BCUT2D eigenvalue weighted by Crippen LogP contribution is -1.93. The fourth-order valence-electron chi connectivity index (χ4n) is 2.92. The van der Waals surface area contributed by atoms with E-state index in [-0.39, 0.29) is 13.6 Å². The topological polar surface area (TPSA) is 115 Å². The smallest absolute Gasteiger partial charge is 0.231 e. The number of hydrogen-bond donors (Lipinski definition) is 2. The molecule has 0 spiro atoms. The van der Waals surface area contributed by atoms with Crippen molar-refractivity contribution in [3.8, 4) is 34.5 Å². The minimum atomic E-state index is 0.250. The molecule has 0 aromatic heterocycles. The number of carbonyl (C=O) groups is 1. The molecular weight excluding hydrogens is 430 g/mol. The van der Waals surface area contributed by atoms with Crippen LogP contribution in [0.5, 0.6) is 34.5 Å². The van der Waals surface area contributed by atoms with Gasteiger partial charge in [0.25, 0.3) is 0 Å². The Labute approximate surface area is 189 Å². The summed E-state index contributed by atoms with van der Waals surface area (Å²) in [7, 11) is 0. The summed E-state index contributed by atoms with van der Waals surface area (Å²) in [5.74, 6) is 4.28. The fraction of sp³-hybridized carbons (Fsp3) is 0.130. The lowest BCUT2D eigenvalue weighted by atomic mass is 10.3. The van der Waals surface area contributed by atoms with Crippen molar-refractivity contribution in [2.45, 2.75) is 0 Å². The molecule has 0 saturated heterocycles. The van der Waals surface area contributed by atoms with Gasteiger partial charge in [-0.25, -0.2) is 4.85 Å². The molecule has 0 aliphatic carbocycles. The van der Waals surface area contributed by atoms with Gasteiger partial charge in [0, 0.05) is 23.5 Å². The molecule has 168 valence electrons. The van der Waals surface area contributed by atoms with Crippen molar-refractivity contribution in [3.05, 3.63) is 66.0 Å². The van der Waals surface area contributed by atoms with Gasteiger partial charge in [-0.1, -0.05) is 6.07 Å². The van der Waals surface area contributed by atoms with Crippen LogP contribution >= 0.6 is 0 Å². The van der Waals surface area contributed by atoms with Crippen LogP contribution in [0.2, 0.25) is 0 Å². The van der Waals surface area contributed by atoms with Gasteiger partial charge in [-0.3, -0.25) is 4.79 Å². The number of benzene rings is 3. The zero-order valence-electron chi connectivity index (χ0n) is 17.3. The number of nitrogens with two attached hydrogens (primary N) is 1. The highest BCUT2D eigenvalue weighted by atomic mass is 16.7. The maximum atomic E-state index is 10.1. The Hall–Kier alpha value is -4.78. The molecule has 10 nitrogen and oxygen atoms in total. The predicted octanol–water partition coefficient (Wildman–Crippen LogP) is 3.95. The van der Waals surface area contributed by atoms with Gasteiger partial charge in [-0.05, 0) is 36.4 Å². The van der Waals surface area contributed by atoms with Gasteiger partial charge in [0.15, 0.2) is 40.2 Å². The first-order valence-electron chi connectivity index (χ1n) is 9.68. The van der Waals surface area contributed by atoms with Gasteiger partial charge in [0.1, 0.15) is 0 Å². The molecule has 33 heavy (non-hydrogen) atoms. The standard InChI is InChI=1S/C8H7NO3.C8H5NO2.C7H7NO2/c10-4-9-6-1-2-7-8(3-6)12-5-11-7;1-9-6-2-3-7-8(4-6)11-5-10-7;8-5-1-2-6-7(3-5)10-4-9-6/h1-4H,5H2,(H,9,10);2-4H,5H2;1-3H,4,8H2. The first-order chi connectivity index (χ1) is 16.2. The van der Waals surface area contributed by atoms with E-state index < -0.39 is 0 Å². The molecule has 0 bridgehead atoms. The Bertz CT molecular complexity index is 1190. The van der Waals surface area contributed by atoms with Crippen LogP contribution in [0.25, 0.3) is 4.85 Å². The third kappa shape index (κ3) is 5.29. The van der Waals surface area contributed by atoms with Crippen molar-refractivity contribution in [2.75, 3.05) is 31.4 Å². The van der Waals surface area contributed by atoms with Crippen molar-refractivity contribution in [3.63, 3.8) is 0 Å². The molecule has 0 atom stereocenters. The summed E-state index contributed by atoms with van der Waals surface area (Å²) in [6, 6.07) is 15.7. The van der Waals surface area contributed by atoms with Gasteiger partial charge >= 0.3 is 0 Å². The Balaban J connectivity index is 0.000000118. The van der Waals surface area contributed by atoms with E-state index in [9.17, 15) is 4.79 Å². The number of anilines is 2. The van der Waals surface area contributed by atoms with Crippen LogP contribution in [-0.2, 0) is 4.79 Å². The van der Waals surface area contributed by atoms with Crippen molar-refractivity contribution in [2.24, 2.45) is 0 Å². The molecular formula is C23H19N3O7. The molecule has 0 radical (unpaired) electrons. The predicted molar refractivity (Wildman–Crippen MR) is 118 cm³/mol. The molecule has 3 aliphatic rings. The number of rotatable bonds is 2. The molecule has 1 amide bonds. The zero-order valence-corrected chi connectivity index (χ0v) is 17.3. The second kappa shape index (κ2) is 10.0. The number of nitrogens with zero attached hydrogens (tertiary/aromatic N) is 1. The Kier molecular flexibility index (Phi) is 6.51. The van der Waals surface area contributed by atoms with Crippen LogP contribution in [0.4, 0.5) is 17.1 Å². The minimum Gasteiger partial charge on any atom is -0.455 e. The molecule has 0 fully saturated rings. The third-order valence-electron chi connectivity index (χ3n) is 4.48. The largest absolute Gasteiger partial charge is 0.455 e. The van der Waals surface area contributed by atoms with Crippen LogP contribution in [0.15, 0.2) is 54.6 Å². The highest BCUT2D eigenvalue weighted by Crippen LogP contribution is 2.35. The third-order valence-corrected chi connectivity index (χ3v) is 4.48. The number of amides is 1. The summed E-state index contributed by atoms with van der Waals surface area (Å²) in [4.78, 5) is 13.4. The fourth-order valence-corrected chi connectivity index (χ4v) is 2.92. The molecule has 0 saturated carbocycles. The van der Waals surface area contributed by atoms with Crippen LogP contribution in [-0.4, -0.2) is 26.8 Å². The summed E-state index contributed by atoms with van der Waals surface area (Å²) >= 11 is 0. The second-order valence-electron chi connectivity index (χ2n) is 6.59. The summed E-state index contributed by atoms with van der Waals surface area (Å²) in [6.45, 7) is 7.55. The van der Waals surface area contributed by atoms with Gasteiger partial charge in [0.2, 0.25) is 26.8 Å². The molecule has 3 N–H and O–H groups in total. The first-order valence-corrected chi connectivity index (χ1v) is 9.68. The highest BCUT2D eigenvalue weighted by molar-refractivity contribution is 5.73. The molecule has 0 unspecified atom stereocenters. The monoisotopic (exact) mass is 449 g/mol. The molecule has 6 rings (SSSR count). The van der Waals surface area contributed by atoms with E-state index in [0.717, 1.165) is 17.2 Å². The Morgan fingerprint density at radius 2 is 1.24 bits per heavy atom. The average molecular weight is 449 g/mol. The van der Waals surface area contributed by atoms with Gasteiger partial charge in [-0.15, -0.1) is 0 Å². The van der Waals surface area contributed by atoms with Crippen LogP contribution < -0.4 is 39.5 Å². The summed E-state index contributed by atoms with van der Waals surface area (Å²) < 4.78 is 30.5. The van der Waals surface area contributed by atoms with Crippen LogP contribution in [0, 0.1) is 6.57 Å². The SMILES string of the molecule is Nc1ccc2c(c1)OCO2.O=CNc1ccc2c(c1)OCO2.[C-]#[N+]c1ccc2c(c1)OCO2. The normalized spacial score (nSPS) is 12.9. The maximum Gasteiger partial charge on any atom is 0.231 e. The van der Waals surface area contributed by atoms with E-state index in [1.807, 2.05) is 0 Å². The molecule has 3 heterocycles. The van der Waals surface area contributed by atoms with Crippen molar-refractivity contribution < 1.29 is 33.2 Å². The second-order valence-corrected chi connectivity index (χ2v) is 6.59. The quantitative estimate of drug-likeness (QED) is 0.343. The number of ether oxygens (including phenoxy) is 6. The van der Waals surface area contributed by atoms with Crippen molar-refractivity contribution in [1.82, 2.24) is 0 Å². The van der Waals surface area contributed by atoms with E-state index in [1.165, 1.54) is 0 Å². The number of nitrogens with one attached hydrogen (secondary N) is 1. The van der Waals surface area contributed by atoms with Gasteiger partial charge < -0.3 is 39.5 Å². The summed E-state index contributed by atoms with van der Waals surface area (Å²) in [5, 5.41) is 2.52. The lowest BCUT2D eigenvalue weighted by molar-refractivity contribution is -0.105. The number of nitrogen functional groups attached to an aromatic ring is 1. The molecule has 10 heteroatoms. The molecule has 3 aliphatic heterocycles. The van der Waals surface area contributed by atoms with Crippen LogP contribution in [0.1, 0.15) is 0 Å². The van der Waals surface area contributed by atoms with E-state index in [4.69, 9.17) is 40.7 Å². The average Bonchev–Trinajstić information content (AvgIpc) is 3.59. The van der Waals surface area contributed by atoms with Gasteiger partial charge in [-0.2, -0.15) is 0 Å². The minimum absolute atomic E-state index is 0.250. The number of hydrogen-bond acceptors (Lipinski definition) is 8. The maximum absolute atomic E-state index is 10.1. The van der Waals surface area contributed by atoms with Crippen molar-refractivity contribution in [1.29, 1.82) is 0 Å². The first kappa shape index (κ1) is 21.5. The van der Waals surface area contributed by atoms with E-state index in [1.54, 1.807) is 54.6 Å². The summed E-state index contributed by atoms with van der Waals surface area (Å²) in [5.41, 5.74) is 7.47. The molecule has 3 aromatic carbocycles. The van der Waals surface area contributed by atoms with E-state index in [2.05, 4.69) is 10.2 Å². The number of carbonyl (C=O) groups excluding carboxylic acids is 1. The highest BCUT2D eigenvalue weighted by Gasteiger charge is 2.13. The van der Waals surface area contributed by atoms with Gasteiger partial charge in [0.05, 0.1) is 6.57 Å². The van der Waals surface area contributed by atoms with Crippen LogP contribution in [0.3, 0.4) is 0 Å². The Morgan fingerprint density at radius 3 is 1.85 bits per heavy atom. The van der Waals surface area contributed by atoms with Crippen molar-refractivity contribution >= 4 is 23.5 Å². The van der Waals surface area contributed by atoms with E-state index >= 15 is 0 Å². The lowest BCUT2D eigenvalue weighted by Gasteiger charge is -1.99. The number of fused-ring (bicyclic) bond motifs is 3. The molecule has 3 aromatic rings. The Morgan fingerprint density at radius 1 is 0.727 bits per heavy atom. The van der Waals surface area contributed by atoms with E-state index in [0.29, 0.717) is 47.5 Å².